The van der Waals surface area contributed by atoms with Gasteiger partial charge >= 0.3 is 0 Å². The van der Waals surface area contributed by atoms with Crippen LogP contribution in [0.2, 0.25) is 0 Å². The van der Waals surface area contributed by atoms with E-state index in [1.165, 1.54) is 0 Å². The molecule has 0 atom stereocenters. The van der Waals surface area contributed by atoms with E-state index in [4.69, 9.17) is 0 Å². The number of hydrogen-bond donors (Lipinski definition) is 0. The molecule has 0 aliphatic rings. The molecule has 94 valence electrons. The molecule has 0 bridgehead atoms. The van der Waals surface area contributed by atoms with Crippen LogP contribution >= 0.6 is 31.9 Å². The summed E-state index contributed by atoms with van der Waals surface area (Å²) in [5.74, 6) is 0.798. The summed E-state index contributed by atoms with van der Waals surface area (Å²) in [4.78, 5) is 4.32. The van der Waals surface area contributed by atoms with E-state index in [1.807, 2.05) is 36.7 Å². The maximum atomic E-state index is 4.34. The van der Waals surface area contributed by atoms with Crippen LogP contribution in [0.1, 0.15) is 0 Å². The van der Waals surface area contributed by atoms with Gasteiger partial charge in [-0.15, -0.1) is 0 Å². The van der Waals surface area contributed by atoms with E-state index in [0.29, 0.717) is 0 Å². The SMILES string of the molecule is Brc1ccc(-c2cnn(-c3ccc(Br)cn3)c2)cc1. The average molecular weight is 379 g/mol. The first-order valence-corrected chi connectivity index (χ1v) is 7.23. The Kier molecular flexibility index (Phi) is 3.48. The van der Waals surface area contributed by atoms with Gasteiger partial charge in [0.1, 0.15) is 0 Å². The normalized spacial score (nSPS) is 10.6. The summed E-state index contributed by atoms with van der Waals surface area (Å²) in [5, 5.41) is 4.34. The van der Waals surface area contributed by atoms with E-state index in [2.05, 4.69) is 54.1 Å². The van der Waals surface area contributed by atoms with Crippen LogP contribution in [0.4, 0.5) is 0 Å². The van der Waals surface area contributed by atoms with Gasteiger partial charge in [-0.3, -0.25) is 0 Å². The van der Waals surface area contributed by atoms with Crippen molar-refractivity contribution in [3.05, 3.63) is 63.9 Å². The molecule has 19 heavy (non-hydrogen) atoms. The molecule has 5 heteroatoms. The summed E-state index contributed by atoms with van der Waals surface area (Å²) in [5.41, 5.74) is 2.20. The maximum Gasteiger partial charge on any atom is 0.153 e. The number of benzene rings is 1. The summed E-state index contributed by atoms with van der Waals surface area (Å²) in [6, 6.07) is 12.0. The van der Waals surface area contributed by atoms with Gasteiger partial charge in [0.25, 0.3) is 0 Å². The van der Waals surface area contributed by atoms with Crippen molar-refractivity contribution < 1.29 is 0 Å². The number of rotatable bonds is 2. The predicted molar refractivity (Wildman–Crippen MR) is 82.2 cm³/mol. The Morgan fingerprint density at radius 1 is 0.789 bits per heavy atom. The van der Waals surface area contributed by atoms with Crippen LogP contribution in [0.3, 0.4) is 0 Å². The van der Waals surface area contributed by atoms with Crippen LogP contribution in [0.25, 0.3) is 16.9 Å². The second kappa shape index (κ2) is 5.27. The molecule has 0 N–H and O–H groups in total. The lowest BCUT2D eigenvalue weighted by Crippen LogP contribution is -1.96. The van der Waals surface area contributed by atoms with E-state index >= 15 is 0 Å². The second-order valence-corrected chi connectivity index (χ2v) is 5.85. The standard InChI is InChI=1S/C14H9Br2N3/c15-12-3-1-10(2-4-12)11-7-18-19(9-11)14-6-5-13(16)8-17-14/h1-9H. The van der Waals surface area contributed by atoms with E-state index in [1.54, 1.807) is 10.9 Å². The molecule has 2 aromatic heterocycles. The Balaban J connectivity index is 1.95. The van der Waals surface area contributed by atoms with Crippen molar-refractivity contribution in [1.29, 1.82) is 0 Å². The van der Waals surface area contributed by atoms with Crippen LogP contribution in [0.15, 0.2) is 63.9 Å². The number of hydrogen-bond acceptors (Lipinski definition) is 2. The Morgan fingerprint density at radius 3 is 2.21 bits per heavy atom. The molecule has 0 radical (unpaired) electrons. The quantitative estimate of drug-likeness (QED) is 0.659. The fraction of sp³-hybridized carbons (Fsp3) is 0. The molecule has 0 spiro atoms. The topological polar surface area (TPSA) is 30.7 Å². The van der Waals surface area contributed by atoms with Gasteiger partial charge in [0, 0.05) is 26.9 Å². The van der Waals surface area contributed by atoms with Gasteiger partial charge in [0.2, 0.25) is 0 Å². The van der Waals surface area contributed by atoms with Gasteiger partial charge < -0.3 is 0 Å². The summed E-state index contributed by atoms with van der Waals surface area (Å²) in [7, 11) is 0. The molecule has 0 saturated carbocycles. The number of pyridine rings is 1. The largest absolute Gasteiger partial charge is 0.236 e. The minimum atomic E-state index is 0.798. The number of halogens is 2. The lowest BCUT2D eigenvalue weighted by atomic mass is 10.1. The number of nitrogens with zero attached hydrogens (tertiary/aromatic N) is 3. The van der Waals surface area contributed by atoms with Gasteiger partial charge in [0.15, 0.2) is 5.82 Å². The van der Waals surface area contributed by atoms with Crippen molar-refractivity contribution >= 4 is 31.9 Å². The van der Waals surface area contributed by atoms with Gasteiger partial charge in [-0.25, -0.2) is 9.67 Å². The van der Waals surface area contributed by atoms with E-state index in [0.717, 1.165) is 25.9 Å². The lowest BCUT2D eigenvalue weighted by Gasteiger charge is -1.99. The Bertz CT molecular complexity index is 627. The van der Waals surface area contributed by atoms with Gasteiger partial charge in [-0.1, -0.05) is 28.1 Å². The Hall–Kier alpha value is -1.46. The third-order valence-electron chi connectivity index (χ3n) is 2.71. The number of aromatic nitrogens is 3. The molecule has 3 aromatic rings. The highest BCUT2D eigenvalue weighted by atomic mass is 79.9. The van der Waals surface area contributed by atoms with Crippen molar-refractivity contribution in [3.8, 4) is 16.9 Å². The van der Waals surface area contributed by atoms with Crippen LogP contribution in [0, 0.1) is 0 Å². The van der Waals surface area contributed by atoms with Gasteiger partial charge in [-0.2, -0.15) is 5.10 Å². The molecule has 2 heterocycles. The molecule has 3 nitrogen and oxygen atoms in total. The second-order valence-electron chi connectivity index (χ2n) is 4.02. The van der Waals surface area contributed by atoms with E-state index in [-0.39, 0.29) is 0 Å². The zero-order valence-electron chi connectivity index (χ0n) is 9.79. The lowest BCUT2D eigenvalue weighted by molar-refractivity contribution is 0.846. The third kappa shape index (κ3) is 2.77. The molecule has 0 aliphatic carbocycles. The van der Waals surface area contributed by atoms with Crippen LogP contribution in [0.5, 0.6) is 0 Å². The van der Waals surface area contributed by atoms with Crippen molar-refractivity contribution in [2.45, 2.75) is 0 Å². The predicted octanol–water partition coefficient (Wildman–Crippen LogP) is 4.46. The first-order chi connectivity index (χ1) is 9.22. The zero-order valence-corrected chi connectivity index (χ0v) is 13.0. The molecule has 0 saturated heterocycles. The van der Waals surface area contributed by atoms with Crippen molar-refractivity contribution in [2.24, 2.45) is 0 Å². The molecule has 1 aromatic carbocycles. The van der Waals surface area contributed by atoms with Crippen molar-refractivity contribution in [1.82, 2.24) is 14.8 Å². The Labute approximate surface area is 127 Å². The highest BCUT2D eigenvalue weighted by molar-refractivity contribution is 9.10. The smallest absolute Gasteiger partial charge is 0.153 e. The van der Waals surface area contributed by atoms with Crippen LogP contribution in [-0.4, -0.2) is 14.8 Å². The summed E-state index contributed by atoms with van der Waals surface area (Å²) >= 11 is 6.80. The molecule has 0 amide bonds. The van der Waals surface area contributed by atoms with Crippen molar-refractivity contribution in [3.63, 3.8) is 0 Å². The minimum absolute atomic E-state index is 0.798. The fourth-order valence-electron chi connectivity index (χ4n) is 1.74. The first-order valence-electron chi connectivity index (χ1n) is 5.65. The fourth-order valence-corrected chi connectivity index (χ4v) is 2.24. The van der Waals surface area contributed by atoms with Gasteiger partial charge in [-0.05, 0) is 45.8 Å². The highest BCUT2D eigenvalue weighted by Crippen LogP contribution is 2.22. The summed E-state index contributed by atoms with van der Waals surface area (Å²) in [6.07, 6.45) is 5.57. The van der Waals surface area contributed by atoms with E-state index in [9.17, 15) is 0 Å². The third-order valence-corrected chi connectivity index (χ3v) is 3.70. The summed E-state index contributed by atoms with van der Waals surface area (Å²) < 4.78 is 3.79. The minimum Gasteiger partial charge on any atom is -0.236 e. The molecular weight excluding hydrogens is 370 g/mol. The molecule has 3 rings (SSSR count). The highest BCUT2D eigenvalue weighted by Gasteiger charge is 2.04. The molecule has 0 fully saturated rings. The summed E-state index contributed by atoms with van der Waals surface area (Å²) in [6.45, 7) is 0. The average Bonchev–Trinajstić information content (AvgIpc) is 2.90. The van der Waals surface area contributed by atoms with E-state index < -0.39 is 0 Å². The molecule has 0 aliphatic heterocycles. The maximum absolute atomic E-state index is 4.34. The molecular formula is C14H9Br2N3. The molecule has 0 unspecified atom stereocenters. The monoisotopic (exact) mass is 377 g/mol. The van der Waals surface area contributed by atoms with Crippen LogP contribution in [-0.2, 0) is 0 Å². The first kappa shape index (κ1) is 12.6. The van der Waals surface area contributed by atoms with Crippen molar-refractivity contribution in [2.75, 3.05) is 0 Å². The Morgan fingerprint density at radius 2 is 1.53 bits per heavy atom. The van der Waals surface area contributed by atoms with Gasteiger partial charge in [0.05, 0.1) is 6.20 Å². The van der Waals surface area contributed by atoms with Crippen LogP contribution < -0.4 is 0 Å². The zero-order chi connectivity index (χ0) is 13.2.